The summed E-state index contributed by atoms with van der Waals surface area (Å²) in [6, 6.07) is 5.86. The standard InChI is InChI=1S/C9H9N3/c1-6-2-3-7-4-5-11-9(10)8(7)12-6/h2-5H,1H3,(H2,10,11). The molecule has 2 N–H and O–H groups in total. The molecule has 0 saturated heterocycles. The number of aromatic nitrogens is 2. The predicted molar refractivity (Wildman–Crippen MR) is 48.7 cm³/mol. The van der Waals surface area contributed by atoms with Crippen LogP contribution in [0.4, 0.5) is 5.82 Å². The molecule has 0 atom stereocenters. The van der Waals surface area contributed by atoms with Crippen LogP contribution in [0.25, 0.3) is 10.9 Å². The predicted octanol–water partition coefficient (Wildman–Crippen LogP) is 1.52. The van der Waals surface area contributed by atoms with Gasteiger partial charge in [0, 0.05) is 17.3 Å². The summed E-state index contributed by atoms with van der Waals surface area (Å²) < 4.78 is 0. The number of anilines is 1. The minimum Gasteiger partial charge on any atom is -0.382 e. The van der Waals surface area contributed by atoms with Gasteiger partial charge in [0.15, 0.2) is 0 Å². The third-order valence-corrected chi connectivity index (χ3v) is 1.78. The van der Waals surface area contributed by atoms with Crippen molar-refractivity contribution in [2.45, 2.75) is 6.92 Å². The van der Waals surface area contributed by atoms with Crippen molar-refractivity contribution < 1.29 is 0 Å². The van der Waals surface area contributed by atoms with Gasteiger partial charge in [0.05, 0.1) is 0 Å². The summed E-state index contributed by atoms with van der Waals surface area (Å²) in [7, 11) is 0. The monoisotopic (exact) mass is 159 g/mol. The largest absolute Gasteiger partial charge is 0.382 e. The maximum Gasteiger partial charge on any atom is 0.149 e. The van der Waals surface area contributed by atoms with E-state index >= 15 is 0 Å². The molecule has 0 aromatic carbocycles. The highest BCUT2D eigenvalue weighted by molar-refractivity contribution is 5.86. The van der Waals surface area contributed by atoms with Gasteiger partial charge < -0.3 is 5.73 Å². The molecule has 2 aromatic rings. The SMILES string of the molecule is Cc1ccc2ccnc(N)c2n1. The number of aryl methyl sites for hydroxylation is 1. The Labute approximate surface area is 70.3 Å². The number of nitrogens with zero attached hydrogens (tertiary/aromatic N) is 2. The Morgan fingerprint density at radius 3 is 2.92 bits per heavy atom. The Hall–Kier alpha value is -1.64. The van der Waals surface area contributed by atoms with Gasteiger partial charge in [0.2, 0.25) is 0 Å². The van der Waals surface area contributed by atoms with E-state index in [4.69, 9.17) is 5.73 Å². The molecule has 3 nitrogen and oxygen atoms in total. The van der Waals surface area contributed by atoms with E-state index in [9.17, 15) is 0 Å². The van der Waals surface area contributed by atoms with Crippen LogP contribution < -0.4 is 5.73 Å². The average molecular weight is 159 g/mol. The van der Waals surface area contributed by atoms with Gasteiger partial charge in [-0.15, -0.1) is 0 Å². The highest BCUT2D eigenvalue weighted by atomic mass is 14.9. The van der Waals surface area contributed by atoms with Gasteiger partial charge >= 0.3 is 0 Å². The average Bonchev–Trinajstić information content (AvgIpc) is 2.07. The number of nitrogen functional groups attached to an aromatic ring is 1. The molecule has 0 saturated carbocycles. The van der Waals surface area contributed by atoms with Gasteiger partial charge in [-0.25, -0.2) is 9.97 Å². The molecule has 0 aliphatic heterocycles. The van der Waals surface area contributed by atoms with Gasteiger partial charge in [0.1, 0.15) is 11.3 Å². The topological polar surface area (TPSA) is 51.8 Å². The zero-order valence-corrected chi connectivity index (χ0v) is 6.78. The highest BCUT2D eigenvalue weighted by Gasteiger charge is 1.98. The van der Waals surface area contributed by atoms with Crippen LogP contribution in [0.1, 0.15) is 5.69 Å². The second-order valence-electron chi connectivity index (χ2n) is 2.72. The summed E-state index contributed by atoms with van der Waals surface area (Å²) in [6.07, 6.45) is 1.69. The van der Waals surface area contributed by atoms with E-state index < -0.39 is 0 Å². The van der Waals surface area contributed by atoms with E-state index in [1.54, 1.807) is 6.20 Å². The number of fused-ring (bicyclic) bond motifs is 1. The molecular formula is C9H9N3. The summed E-state index contributed by atoms with van der Waals surface area (Å²) in [5, 5.41) is 1.04. The minimum atomic E-state index is 0.496. The first-order valence-electron chi connectivity index (χ1n) is 3.75. The molecule has 0 radical (unpaired) electrons. The molecular weight excluding hydrogens is 150 g/mol. The molecule has 60 valence electrons. The summed E-state index contributed by atoms with van der Waals surface area (Å²) in [5.74, 6) is 0.496. The smallest absolute Gasteiger partial charge is 0.149 e. The maximum absolute atomic E-state index is 5.65. The van der Waals surface area contributed by atoms with Gasteiger partial charge in [0.25, 0.3) is 0 Å². The third kappa shape index (κ3) is 0.993. The van der Waals surface area contributed by atoms with E-state index in [0.717, 1.165) is 16.6 Å². The van der Waals surface area contributed by atoms with Crippen molar-refractivity contribution in [2.75, 3.05) is 5.73 Å². The van der Waals surface area contributed by atoms with Crippen molar-refractivity contribution >= 4 is 16.7 Å². The van der Waals surface area contributed by atoms with E-state index in [2.05, 4.69) is 9.97 Å². The number of hydrogen-bond acceptors (Lipinski definition) is 3. The van der Waals surface area contributed by atoms with Crippen LogP contribution in [0, 0.1) is 6.92 Å². The second-order valence-corrected chi connectivity index (χ2v) is 2.72. The zero-order valence-electron chi connectivity index (χ0n) is 6.78. The van der Waals surface area contributed by atoms with Crippen molar-refractivity contribution in [2.24, 2.45) is 0 Å². The lowest BCUT2D eigenvalue weighted by molar-refractivity contribution is 1.23. The van der Waals surface area contributed by atoms with Crippen LogP contribution in [0.2, 0.25) is 0 Å². The fraction of sp³-hybridized carbons (Fsp3) is 0.111. The van der Waals surface area contributed by atoms with Crippen LogP contribution in [-0.4, -0.2) is 9.97 Å². The van der Waals surface area contributed by atoms with Crippen LogP contribution in [0.15, 0.2) is 24.4 Å². The Morgan fingerprint density at radius 1 is 1.25 bits per heavy atom. The first kappa shape index (κ1) is 7.03. The summed E-state index contributed by atoms with van der Waals surface area (Å²) >= 11 is 0. The molecule has 2 heterocycles. The Morgan fingerprint density at radius 2 is 2.08 bits per heavy atom. The third-order valence-electron chi connectivity index (χ3n) is 1.78. The zero-order chi connectivity index (χ0) is 8.55. The minimum absolute atomic E-state index is 0.496. The fourth-order valence-corrected chi connectivity index (χ4v) is 1.17. The normalized spacial score (nSPS) is 10.4. The molecule has 3 heteroatoms. The maximum atomic E-state index is 5.65. The lowest BCUT2D eigenvalue weighted by atomic mass is 10.2. The molecule has 0 spiro atoms. The summed E-state index contributed by atoms with van der Waals surface area (Å²) in [4.78, 5) is 8.25. The van der Waals surface area contributed by atoms with Crippen LogP contribution in [0.5, 0.6) is 0 Å². The quantitative estimate of drug-likeness (QED) is 0.634. The van der Waals surface area contributed by atoms with Gasteiger partial charge in [-0.1, -0.05) is 6.07 Å². The molecule has 0 fully saturated rings. The first-order chi connectivity index (χ1) is 5.77. The Balaban J connectivity index is 2.88. The van der Waals surface area contributed by atoms with E-state index in [-0.39, 0.29) is 0 Å². The van der Waals surface area contributed by atoms with Crippen LogP contribution in [-0.2, 0) is 0 Å². The fourth-order valence-electron chi connectivity index (χ4n) is 1.17. The van der Waals surface area contributed by atoms with E-state index in [0.29, 0.717) is 5.82 Å². The van der Waals surface area contributed by atoms with Crippen molar-refractivity contribution in [3.8, 4) is 0 Å². The number of nitrogens with two attached hydrogens (primary N) is 1. The molecule has 12 heavy (non-hydrogen) atoms. The summed E-state index contributed by atoms with van der Waals surface area (Å²) in [6.45, 7) is 1.94. The molecule has 0 aliphatic rings. The van der Waals surface area contributed by atoms with Crippen molar-refractivity contribution in [3.05, 3.63) is 30.1 Å². The van der Waals surface area contributed by atoms with Crippen LogP contribution >= 0.6 is 0 Å². The number of pyridine rings is 2. The first-order valence-corrected chi connectivity index (χ1v) is 3.75. The Kier molecular flexibility index (Phi) is 1.43. The number of hydrogen-bond donors (Lipinski definition) is 1. The lowest BCUT2D eigenvalue weighted by Crippen LogP contribution is -1.93. The molecule has 2 rings (SSSR count). The molecule has 0 unspecified atom stereocenters. The van der Waals surface area contributed by atoms with Gasteiger partial charge in [-0.2, -0.15) is 0 Å². The lowest BCUT2D eigenvalue weighted by Gasteiger charge is -1.99. The van der Waals surface area contributed by atoms with Gasteiger partial charge in [-0.05, 0) is 19.1 Å². The van der Waals surface area contributed by atoms with Crippen molar-refractivity contribution in [1.29, 1.82) is 0 Å². The summed E-state index contributed by atoms with van der Waals surface area (Å²) in [5.41, 5.74) is 7.40. The van der Waals surface area contributed by atoms with Crippen molar-refractivity contribution in [3.63, 3.8) is 0 Å². The van der Waals surface area contributed by atoms with E-state index in [1.165, 1.54) is 0 Å². The number of rotatable bonds is 0. The molecule has 0 amide bonds. The highest BCUT2D eigenvalue weighted by Crippen LogP contribution is 2.15. The molecule has 2 aromatic heterocycles. The van der Waals surface area contributed by atoms with Gasteiger partial charge in [-0.3, -0.25) is 0 Å². The Bertz CT molecular complexity index is 423. The van der Waals surface area contributed by atoms with Crippen molar-refractivity contribution in [1.82, 2.24) is 9.97 Å². The molecule has 0 aliphatic carbocycles. The molecule has 0 bridgehead atoms. The van der Waals surface area contributed by atoms with E-state index in [1.807, 2.05) is 25.1 Å². The second kappa shape index (κ2) is 2.44. The van der Waals surface area contributed by atoms with Crippen LogP contribution in [0.3, 0.4) is 0 Å².